The number of nitrogens with zero attached hydrogens (tertiary/aromatic N) is 4. The van der Waals surface area contributed by atoms with Gasteiger partial charge >= 0.3 is 0 Å². The van der Waals surface area contributed by atoms with Crippen LogP contribution in [-0.2, 0) is 0 Å². The minimum atomic E-state index is 0.271. The van der Waals surface area contributed by atoms with E-state index < -0.39 is 0 Å². The van der Waals surface area contributed by atoms with Crippen LogP contribution in [0.15, 0.2) is 24.4 Å². The Morgan fingerprint density at radius 1 is 1.00 bits per heavy atom. The van der Waals surface area contributed by atoms with Crippen molar-refractivity contribution < 1.29 is 9.47 Å². The van der Waals surface area contributed by atoms with Crippen molar-refractivity contribution in [3.05, 3.63) is 24.4 Å². The Balaban J connectivity index is 1.52. The molecule has 23 heavy (non-hydrogen) atoms. The molecule has 0 unspecified atom stereocenters. The van der Waals surface area contributed by atoms with Crippen molar-refractivity contribution in [2.24, 2.45) is 0 Å². The molecule has 1 aromatic carbocycles. The molecule has 0 bridgehead atoms. The van der Waals surface area contributed by atoms with Crippen LogP contribution in [0.1, 0.15) is 25.7 Å². The Bertz CT molecular complexity index is 686. The summed E-state index contributed by atoms with van der Waals surface area (Å²) in [5, 5.41) is 11.5. The second-order valence-corrected chi connectivity index (χ2v) is 5.74. The molecule has 1 fully saturated rings. The van der Waals surface area contributed by atoms with Crippen LogP contribution in [0.3, 0.4) is 0 Å². The van der Waals surface area contributed by atoms with Gasteiger partial charge in [-0.1, -0.05) is 12.8 Å². The summed E-state index contributed by atoms with van der Waals surface area (Å²) in [4.78, 5) is 6.81. The molecule has 7 nitrogen and oxygen atoms in total. The number of anilines is 3. The first kappa shape index (κ1) is 14.0. The Morgan fingerprint density at radius 2 is 1.83 bits per heavy atom. The quantitative estimate of drug-likeness (QED) is 0.934. The molecule has 1 saturated heterocycles. The van der Waals surface area contributed by atoms with E-state index in [-0.39, 0.29) is 6.79 Å². The fourth-order valence-corrected chi connectivity index (χ4v) is 2.88. The molecule has 1 aromatic heterocycles. The van der Waals surface area contributed by atoms with Gasteiger partial charge in [0.15, 0.2) is 17.3 Å². The molecule has 2 aliphatic heterocycles. The fraction of sp³-hybridized carbons (Fsp3) is 0.438. The summed E-state index contributed by atoms with van der Waals surface area (Å²) in [6, 6.07) is 5.71. The van der Waals surface area contributed by atoms with Gasteiger partial charge in [-0.05, 0) is 25.0 Å². The first-order valence-corrected chi connectivity index (χ1v) is 8.00. The normalized spacial score (nSPS) is 17.0. The molecule has 0 saturated carbocycles. The van der Waals surface area contributed by atoms with Crippen molar-refractivity contribution in [2.75, 3.05) is 30.1 Å². The molecule has 120 valence electrons. The van der Waals surface area contributed by atoms with E-state index in [1.54, 1.807) is 6.20 Å². The number of hydrogen-bond acceptors (Lipinski definition) is 7. The number of fused-ring (bicyclic) bond motifs is 1. The topological polar surface area (TPSA) is 72.4 Å². The van der Waals surface area contributed by atoms with Crippen LogP contribution in [0.5, 0.6) is 11.5 Å². The Labute approximate surface area is 134 Å². The lowest BCUT2D eigenvalue weighted by Gasteiger charge is -2.19. The van der Waals surface area contributed by atoms with E-state index in [0.29, 0.717) is 11.8 Å². The van der Waals surface area contributed by atoms with E-state index in [0.717, 1.165) is 30.3 Å². The number of benzene rings is 1. The molecule has 0 aliphatic carbocycles. The van der Waals surface area contributed by atoms with E-state index >= 15 is 0 Å². The summed E-state index contributed by atoms with van der Waals surface area (Å²) in [7, 11) is 0. The Morgan fingerprint density at radius 3 is 2.70 bits per heavy atom. The van der Waals surface area contributed by atoms with Gasteiger partial charge in [-0.25, -0.2) is 0 Å². The van der Waals surface area contributed by atoms with Crippen molar-refractivity contribution in [2.45, 2.75) is 25.7 Å². The van der Waals surface area contributed by atoms with Crippen LogP contribution in [-0.4, -0.2) is 35.1 Å². The highest BCUT2D eigenvalue weighted by atomic mass is 16.7. The molecule has 4 rings (SSSR count). The summed E-state index contributed by atoms with van der Waals surface area (Å²) in [5.41, 5.74) is 0.886. The second kappa shape index (κ2) is 6.28. The summed E-state index contributed by atoms with van der Waals surface area (Å²) >= 11 is 0. The van der Waals surface area contributed by atoms with E-state index in [4.69, 9.17) is 9.47 Å². The number of nitrogens with one attached hydrogen (secondary N) is 1. The molecule has 2 aliphatic rings. The van der Waals surface area contributed by atoms with Crippen LogP contribution in [0.2, 0.25) is 0 Å². The predicted molar refractivity (Wildman–Crippen MR) is 86.4 cm³/mol. The van der Waals surface area contributed by atoms with Gasteiger partial charge in [-0.3, -0.25) is 0 Å². The van der Waals surface area contributed by atoms with Crippen molar-refractivity contribution in [1.29, 1.82) is 0 Å². The maximum atomic E-state index is 5.39. The monoisotopic (exact) mass is 313 g/mol. The van der Waals surface area contributed by atoms with Gasteiger partial charge in [-0.2, -0.15) is 10.1 Å². The highest BCUT2D eigenvalue weighted by Crippen LogP contribution is 2.34. The molecular formula is C16H19N5O2. The number of hydrogen-bond donors (Lipinski definition) is 1. The molecule has 1 N–H and O–H groups in total. The minimum Gasteiger partial charge on any atom is -0.454 e. The van der Waals surface area contributed by atoms with Crippen LogP contribution in [0.25, 0.3) is 0 Å². The first-order chi connectivity index (χ1) is 11.4. The smallest absolute Gasteiger partial charge is 0.247 e. The fourth-order valence-electron chi connectivity index (χ4n) is 2.88. The third-order valence-corrected chi connectivity index (χ3v) is 4.08. The second-order valence-electron chi connectivity index (χ2n) is 5.74. The van der Waals surface area contributed by atoms with Gasteiger partial charge in [0, 0.05) is 24.8 Å². The van der Waals surface area contributed by atoms with E-state index in [2.05, 4.69) is 25.4 Å². The average molecular weight is 313 g/mol. The average Bonchev–Trinajstić information content (AvgIpc) is 2.87. The summed E-state index contributed by atoms with van der Waals surface area (Å²) < 4.78 is 10.7. The molecule has 0 radical (unpaired) electrons. The number of rotatable bonds is 3. The van der Waals surface area contributed by atoms with Gasteiger partial charge in [-0.15, -0.1) is 5.10 Å². The van der Waals surface area contributed by atoms with Crippen molar-refractivity contribution in [1.82, 2.24) is 15.2 Å². The van der Waals surface area contributed by atoms with Crippen LogP contribution in [0.4, 0.5) is 17.5 Å². The SMILES string of the molecule is c1cc2c(cc1Nc1cnnc(N3CCCCCC3)n1)OCO2. The molecular weight excluding hydrogens is 294 g/mol. The van der Waals surface area contributed by atoms with Crippen molar-refractivity contribution in [3.8, 4) is 11.5 Å². The standard InChI is InChI=1S/C16H19N5O2/c1-2-4-8-21(7-3-1)16-19-15(10-17-20-16)18-12-5-6-13-14(9-12)23-11-22-13/h5-6,9-10H,1-4,7-8,11H2,(H,18,19,20). The van der Waals surface area contributed by atoms with Gasteiger partial charge < -0.3 is 19.7 Å². The number of ether oxygens (including phenoxy) is 2. The summed E-state index contributed by atoms with van der Waals surface area (Å²) in [6.45, 7) is 2.26. The van der Waals surface area contributed by atoms with E-state index in [1.165, 1.54) is 25.7 Å². The third-order valence-electron chi connectivity index (χ3n) is 4.08. The lowest BCUT2D eigenvalue weighted by molar-refractivity contribution is 0.174. The molecule has 2 aromatic rings. The molecule has 3 heterocycles. The highest BCUT2D eigenvalue weighted by molar-refractivity contribution is 5.61. The molecule has 7 heteroatoms. The zero-order valence-corrected chi connectivity index (χ0v) is 12.9. The summed E-state index contributed by atoms with van der Waals surface area (Å²) in [5.74, 6) is 2.88. The first-order valence-electron chi connectivity index (χ1n) is 8.00. The third kappa shape index (κ3) is 3.13. The van der Waals surface area contributed by atoms with E-state index in [9.17, 15) is 0 Å². The Kier molecular flexibility index (Phi) is 3.83. The minimum absolute atomic E-state index is 0.271. The molecule has 0 atom stereocenters. The van der Waals surface area contributed by atoms with Gasteiger partial charge in [0.2, 0.25) is 12.7 Å². The lowest BCUT2D eigenvalue weighted by Crippen LogP contribution is -2.26. The highest BCUT2D eigenvalue weighted by Gasteiger charge is 2.15. The molecule has 0 amide bonds. The van der Waals surface area contributed by atoms with Crippen LogP contribution < -0.4 is 19.7 Å². The predicted octanol–water partition coefficient (Wildman–Crippen LogP) is 2.72. The van der Waals surface area contributed by atoms with Gasteiger partial charge in [0.1, 0.15) is 0 Å². The van der Waals surface area contributed by atoms with E-state index in [1.807, 2.05) is 18.2 Å². The zero-order chi connectivity index (χ0) is 15.5. The maximum Gasteiger partial charge on any atom is 0.247 e. The number of aromatic nitrogens is 3. The van der Waals surface area contributed by atoms with Crippen molar-refractivity contribution in [3.63, 3.8) is 0 Å². The zero-order valence-electron chi connectivity index (χ0n) is 12.9. The molecule has 0 spiro atoms. The Hall–Kier alpha value is -2.57. The maximum absolute atomic E-state index is 5.39. The summed E-state index contributed by atoms with van der Waals surface area (Å²) in [6.07, 6.45) is 6.55. The van der Waals surface area contributed by atoms with Gasteiger partial charge in [0.25, 0.3) is 0 Å². The van der Waals surface area contributed by atoms with Crippen molar-refractivity contribution >= 4 is 17.5 Å². The van der Waals surface area contributed by atoms with Gasteiger partial charge in [0.05, 0.1) is 6.20 Å². The largest absolute Gasteiger partial charge is 0.454 e. The lowest BCUT2D eigenvalue weighted by atomic mass is 10.2. The van der Waals surface area contributed by atoms with Crippen LogP contribution in [0, 0.1) is 0 Å². The van der Waals surface area contributed by atoms with Crippen LogP contribution >= 0.6 is 0 Å².